The maximum atomic E-state index is 13.4. The Bertz CT molecular complexity index is 2810. The molecule has 0 bridgehead atoms. The molecule has 0 N–H and O–H groups in total. The van der Waals surface area contributed by atoms with Crippen molar-refractivity contribution in [1.82, 2.24) is 4.31 Å². The molecule has 0 amide bonds. The van der Waals surface area contributed by atoms with Crippen molar-refractivity contribution in [3.05, 3.63) is 177 Å². The Balaban J connectivity index is 0.000000286. The highest BCUT2D eigenvalue weighted by atomic mass is 79.9. The minimum atomic E-state index is -3.39. The third kappa shape index (κ3) is 23.4. The van der Waals surface area contributed by atoms with Crippen LogP contribution in [0.25, 0.3) is 0 Å². The molecule has 5 aliphatic rings. The molecule has 5 saturated heterocycles. The Morgan fingerprint density at radius 3 is 1.17 bits per heavy atom. The molecule has 17 heteroatoms. The fourth-order valence-corrected chi connectivity index (χ4v) is 13.3. The Morgan fingerprint density at radius 1 is 0.458 bits per heavy atom. The highest BCUT2D eigenvalue weighted by Gasteiger charge is 2.40. The van der Waals surface area contributed by atoms with E-state index in [4.69, 9.17) is 57.3 Å². The fraction of sp³-hybridized carbons (Fsp3) is 0.485. The minimum absolute atomic E-state index is 0.0210. The smallest absolute Gasteiger partial charge is 0.373 e. The van der Waals surface area contributed by atoms with Gasteiger partial charge in [0.1, 0.15) is 5.25 Å². The number of halogens is 1. The molecule has 2 atom stereocenters. The van der Waals surface area contributed by atoms with Gasteiger partial charge in [0, 0.05) is 70.8 Å². The van der Waals surface area contributed by atoms with Gasteiger partial charge < -0.3 is 18.9 Å². The van der Waals surface area contributed by atoms with Crippen LogP contribution in [0.4, 0.5) is 0 Å². The van der Waals surface area contributed by atoms with Crippen molar-refractivity contribution in [1.29, 1.82) is 0 Å². The number of sulfonamides is 1. The third-order valence-electron chi connectivity index (χ3n) is 16.3. The van der Waals surface area contributed by atoms with Crippen LogP contribution >= 0.6 is 15.9 Å². The summed E-state index contributed by atoms with van der Waals surface area (Å²) in [5.41, 5.74) is 12.5. The van der Waals surface area contributed by atoms with E-state index in [1.807, 2.05) is 37.3 Å². The number of nitrogens with zero attached hydrogens (tertiary/aromatic N) is 1. The van der Waals surface area contributed by atoms with Gasteiger partial charge in [-0.25, -0.2) is 8.42 Å². The molecule has 15 nitrogen and oxygen atoms in total. The average Bonchev–Trinajstić information content (AvgIpc) is 3.62. The predicted octanol–water partition coefficient (Wildman–Crippen LogP) is 12.1. The van der Waals surface area contributed by atoms with E-state index in [9.17, 15) is 8.42 Å². The Labute approximate surface area is 499 Å². The molecule has 5 aromatic carbocycles. The molecule has 10 rings (SSSR count). The van der Waals surface area contributed by atoms with E-state index >= 15 is 0 Å². The lowest BCUT2D eigenvalue weighted by Crippen LogP contribution is -2.44. The second kappa shape index (κ2) is 37.9. The second-order valence-electron chi connectivity index (χ2n) is 22.0. The summed E-state index contributed by atoms with van der Waals surface area (Å²) < 4.78 is 50.2. The zero-order chi connectivity index (χ0) is 61.2. The van der Waals surface area contributed by atoms with Gasteiger partial charge in [-0.3, -0.25) is 0 Å². The number of ether oxygens (including phenoxy) is 4. The van der Waals surface area contributed by atoms with Gasteiger partial charge in [-0.05, 0) is 146 Å². The van der Waals surface area contributed by atoms with E-state index in [-0.39, 0.29) is 36.1 Å². The molecule has 448 valence electrons. The van der Waals surface area contributed by atoms with Crippen molar-refractivity contribution in [3.8, 4) is 0 Å². The molecule has 5 fully saturated rings. The summed E-state index contributed by atoms with van der Waals surface area (Å²) in [7, 11) is -3.39. The molecular weight excluding hydrogens is 1140 g/mol. The van der Waals surface area contributed by atoms with Crippen LogP contribution in [0.1, 0.15) is 153 Å². The van der Waals surface area contributed by atoms with Crippen LogP contribution in [0.5, 0.6) is 0 Å². The van der Waals surface area contributed by atoms with E-state index in [0.29, 0.717) is 23.8 Å². The van der Waals surface area contributed by atoms with Gasteiger partial charge in [0.05, 0.1) is 0 Å². The van der Waals surface area contributed by atoms with Gasteiger partial charge in [-0.2, -0.15) is 42.7 Å². The van der Waals surface area contributed by atoms with Crippen molar-refractivity contribution >= 4 is 50.6 Å². The van der Waals surface area contributed by atoms with Crippen molar-refractivity contribution < 1.29 is 65.7 Å². The van der Waals surface area contributed by atoms with Gasteiger partial charge >= 0.3 is 24.6 Å². The lowest BCUT2D eigenvalue weighted by atomic mass is 9.76. The standard InChI is InChI=1S/C24H31NO3S.C13H17BrO.C13H18O.C12H16O.4CO2/c1-19-8-13-23(21-6-4-3-5-7-21)29(26,27)25(19)18-20-9-11-22(12-10-20)24(2)14-16-28-17-15-24;1-13(6-8-15-9-7-13)12-4-2-11(10-14)3-5-12;1-11-3-5-12(6-4-11)13(2)7-9-14-10-8-13;1-10-2-4-11(5-3-10)12-6-8-13-9-7-12;4*2-1-3/h3-7,9-12,19,23H,8,13-18H2,1-2H3;2-5H,6-10H2,1H3;3-6H,7-10H2,1-2H3;2-5,12H,6-9H2,1H3;;;;/t19-,23+;;;;;;;/m0......./s1. The summed E-state index contributed by atoms with van der Waals surface area (Å²) in [6, 6.07) is 45.0. The van der Waals surface area contributed by atoms with E-state index < -0.39 is 15.3 Å². The summed E-state index contributed by atoms with van der Waals surface area (Å²) in [5, 5.41) is 0.493. The van der Waals surface area contributed by atoms with Gasteiger partial charge in [-0.1, -0.05) is 175 Å². The average molecular weight is 1230 g/mol. The van der Waals surface area contributed by atoms with E-state index in [1.54, 1.807) is 4.31 Å². The third-order valence-corrected chi connectivity index (χ3v) is 19.3. The molecule has 0 unspecified atom stereocenters. The number of hydrogen-bond donors (Lipinski definition) is 0. The molecule has 0 saturated carbocycles. The number of rotatable bonds is 8. The maximum Gasteiger partial charge on any atom is 0.373 e. The summed E-state index contributed by atoms with van der Waals surface area (Å²) in [4.78, 5) is 65.0. The zero-order valence-corrected chi connectivity index (χ0v) is 51.3. The first-order valence-corrected chi connectivity index (χ1v) is 30.7. The SMILES string of the molecule is CC1(c2ccc(CBr)cc2)CCOCC1.C[C@H]1CC[C@H](c2ccccc2)S(=O)(=O)N1Cc1ccc(C2(C)CCOCC2)cc1.Cc1ccc(C2(C)CCOCC2)cc1.Cc1ccc(C2CCOCC2)cc1.O=C=O.O=C=O.O=C=O.O=C=O. The van der Waals surface area contributed by atoms with Crippen LogP contribution in [0.3, 0.4) is 0 Å². The summed E-state index contributed by atoms with van der Waals surface area (Å²) in [5.74, 6) is 0.731. The Morgan fingerprint density at radius 2 is 0.795 bits per heavy atom. The van der Waals surface area contributed by atoms with Gasteiger partial charge in [0.2, 0.25) is 10.0 Å². The molecule has 0 aromatic heterocycles. The van der Waals surface area contributed by atoms with Crippen LogP contribution in [-0.2, 0) is 95.4 Å². The topological polar surface area (TPSA) is 211 Å². The van der Waals surface area contributed by atoms with Crippen LogP contribution in [0.2, 0.25) is 0 Å². The zero-order valence-electron chi connectivity index (χ0n) is 48.9. The number of aryl methyl sites for hydroxylation is 2. The van der Waals surface area contributed by atoms with Crippen LogP contribution < -0.4 is 0 Å². The highest BCUT2D eigenvalue weighted by Crippen LogP contribution is 2.40. The van der Waals surface area contributed by atoms with Gasteiger partial charge in [-0.15, -0.1) is 0 Å². The maximum absolute atomic E-state index is 13.4. The highest BCUT2D eigenvalue weighted by molar-refractivity contribution is 9.08. The monoisotopic (exact) mass is 1220 g/mol. The molecule has 83 heavy (non-hydrogen) atoms. The van der Waals surface area contributed by atoms with Crippen LogP contribution in [0, 0.1) is 13.8 Å². The van der Waals surface area contributed by atoms with Crippen molar-refractivity contribution in [3.63, 3.8) is 0 Å². The van der Waals surface area contributed by atoms with Crippen molar-refractivity contribution in [2.45, 2.75) is 151 Å². The van der Waals surface area contributed by atoms with Gasteiger partial charge in [0.15, 0.2) is 0 Å². The minimum Gasteiger partial charge on any atom is -0.381 e. The van der Waals surface area contributed by atoms with E-state index in [2.05, 4.69) is 148 Å². The fourth-order valence-electron chi connectivity index (χ4n) is 10.7. The van der Waals surface area contributed by atoms with Crippen molar-refractivity contribution in [2.75, 3.05) is 52.9 Å². The Kier molecular flexibility index (Phi) is 32.5. The number of hydrogen-bond acceptors (Lipinski definition) is 14. The molecule has 5 aromatic rings. The first kappa shape index (κ1) is 71.1. The summed E-state index contributed by atoms with van der Waals surface area (Å²) in [6.07, 6.45) is 11.6. The largest absolute Gasteiger partial charge is 0.381 e. The van der Waals surface area contributed by atoms with Crippen molar-refractivity contribution in [2.24, 2.45) is 0 Å². The molecule has 0 radical (unpaired) electrons. The summed E-state index contributed by atoms with van der Waals surface area (Å²) in [6.45, 7) is 20.8. The first-order chi connectivity index (χ1) is 39.9. The van der Waals surface area contributed by atoms with E-state index in [1.165, 1.54) is 51.8 Å². The van der Waals surface area contributed by atoms with Crippen LogP contribution in [-0.4, -0.2) is 96.2 Å². The molecule has 0 aliphatic carbocycles. The second-order valence-corrected chi connectivity index (χ2v) is 24.6. The normalized spacial score (nSPS) is 19.8. The predicted molar refractivity (Wildman–Crippen MR) is 315 cm³/mol. The number of alkyl halides is 1. The van der Waals surface area contributed by atoms with Gasteiger partial charge in [0.25, 0.3) is 0 Å². The van der Waals surface area contributed by atoms with Crippen LogP contribution in [0.15, 0.2) is 127 Å². The molecule has 5 aliphatic heterocycles. The van der Waals surface area contributed by atoms with E-state index in [0.717, 1.165) is 120 Å². The number of carbonyl (C=O) groups excluding carboxylic acids is 8. The quantitative estimate of drug-likeness (QED) is 0.132. The molecule has 5 heterocycles. The Hall–Kier alpha value is -6.15. The lowest BCUT2D eigenvalue weighted by molar-refractivity contribution is -0.193. The lowest BCUT2D eigenvalue weighted by Gasteiger charge is -2.38. The number of benzene rings is 5. The molecule has 0 spiro atoms. The molecular formula is C66H82BrNO14S. The first-order valence-electron chi connectivity index (χ1n) is 28.1. The summed E-state index contributed by atoms with van der Waals surface area (Å²) >= 11 is 3.47.